The van der Waals surface area contributed by atoms with Crippen molar-refractivity contribution < 1.29 is 13.7 Å². The molecule has 2 saturated heterocycles. The quantitative estimate of drug-likeness (QED) is 0.789. The molecule has 0 aliphatic carbocycles. The van der Waals surface area contributed by atoms with Gasteiger partial charge >= 0.3 is 0 Å². The number of rotatable bonds is 5. The Kier molecular flexibility index (Phi) is 6.00. The number of hydrogen-bond donors (Lipinski definition) is 0. The Morgan fingerprint density at radius 2 is 1.86 bits per heavy atom. The maximum atomic E-state index is 13.8. The number of benzene rings is 1. The van der Waals surface area contributed by atoms with Crippen molar-refractivity contribution in [1.82, 2.24) is 19.9 Å². The van der Waals surface area contributed by atoms with Crippen LogP contribution in [0.1, 0.15) is 44.4 Å². The SMILES string of the molecule is O=C(CCc1nc(-c2ccccc2F)no1)N1CCC(N2CCCCC2)CC1. The molecule has 0 unspecified atom stereocenters. The highest BCUT2D eigenvalue weighted by Gasteiger charge is 2.27. The average molecular weight is 386 g/mol. The second kappa shape index (κ2) is 8.82. The molecule has 0 saturated carbocycles. The number of nitrogens with zero attached hydrogens (tertiary/aromatic N) is 4. The van der Waals surface area contributed by atoms with E-state index in [0.29, 0.717) is 30.3 Å². The summed E-state index contributed by atoms with van der Waals surface area (Å²) >= 11 is 0. The zero-order chi connectivity index (χ0) is 19.3. The first kappa shape index (κ1) is 19.1. The van der Waals surface area contributed by atoms with Crippen molar-refractivity contribution in [2.45, 2.75) is 51.0 Å². The van der Waals surface area contributed by atoms with Gasteiger partial charge in [-0.3, -0.25) is 4.79 Å². The predicted octanol–water partition coefficient (Wildman–Crippen LogP) is 3.29. The van der Waals surface area contributed by atoms with Crippen LogP contribution in [0, 0.1) is 5.82 Å². The van der Waals surface area contributed by atoms with Crippen LogP contribution in [0.5, 0.6) is 0 Å². The van der Waals surface area contributed by atoms with Crippen LogP contribution in [-0.4, -0.2) is 58.1 Å². The van der Waals surface area contributed by atoms with Gasteiger partial charge in [-0.15, -0.1) is 0 Å². The standard InChI is InChI=1S/C21H27FN4O2/c22-18-7-3-2-6-17(18)21-23-19(28-24-21)8-9-20(27)26-14-10-16(11-15-26)25-12-4-1-5-13-25/h2-3,6-7,16H,1,4-5,8-15H2. The van der Waals surface area contributed by atoms with E-state index in [2.05, 4.69) is 15.0 Å². The monoisotopic (exact) mass is 386 g/mol. The molecule has 150 valence electrons. The number of carbonyl (C=O) groups is 1. The predicted molar refractivity (Wildman–Crippen MR) is 103 cm³/mol. The van der Waals surface area contributed by atoms with Gasteiger partial charge in [0.25, 0.3) is 0 Å². The van der Waals surface area contributed by atoms with Crippen LogP contribution in [0.15, 0.2) is 28.8 Å². The molecule has 0 radical (unpaired) electrons. The summed E-state index contributed by atoms with van der Waals surface area (Å²) in [5, 5.41) is 3.84. The van der Waals surface area contributed by atoms with Crippen molar-refractivity contribution in [2.24, 2.45) is 0 Å². The van der Waals surface area contributed by atoms with E-state index in [1.165, 1.54) is 38.4 Å². The summed E-state index contributed by atoms with van der Waals surface area (Å²) in [6, 6.07) is 6.95. The minimum atomic E-state index is -0.387. The number of piperidine rings is 2. The molecule has 2 fully saturated rings. The zero-order valence-corrected chi connectivity index (χ0v) is 16.1. The summed E-state index contributed by atoms with van der Waals surface area (Å²) in [6.07, 6.45) is 6.80. The van der Waals surface area contributed by atoms with E-state index in [-0.39, 0.29) is 17.5 Å². The highest BCUT2D eigenvalue weighted by atomic mass is 19.1. The van der Waals surface area contributed by atoms with Crippen molar-refractivity contribution in [3.63, 3.8) is 0 Å². The molecule has 3 heterocycles. The molecule has 2 aliphatic rings. The number of likely N-dealkylation sites (tertiary alicyclic amines) is 2. The van der Waals surface area contributed by atoms with E-state index in [1.807, 2.05) is 4.90 Å². The highest BCUT2D eigenvalue weighted by molar-refractivity contribution is 5.76. The number of hydrogen-bond acceptors (Lipinski definition) is 5. The molecule has 0 N–H and O–H groups in total. The summed E-state index contributed by atoms with van der Waals surface area (Å²) in [4.78, 5) is 21.3. The summed E-state index contributed by atoms with van der Waals surface area (Å²) < 4.78 is 19.0. The molecular formula is C21H27FN4O2. The van der Waals surface area contributed by atoms with Gasteiger partial charge in [-0.05, 0) is 50.9 Å². The Bertz CT molecular complexity index is 795. The van der Waals surface area contributed by atoms with Crippen molar-refractivity contribution in [1.29, 1.82) is 0 Å². The summed E-state index contributed by atoms with van der Waals surface area (Å²) in [5.41, 5.74) is 0.309. The van der Waals surface area contributed by atoms with E-state index < -0.39 is 0 Å². The normalized spacial score (nSPS) is 19.1. The largest absolute Gasteiger partial charge is 0.343 e. The van der Waals surface area contributed by atoms with Crippen LogP contribution in [-0.2, 0) is 11.2 Å². The maximum absolute atomic E-state index is 13.8. The Hall–Kier alpha value is -2.28. The number of aryl methyl sites for hydroxylation is 1. The molecule has 28 heavy (non-hydrogen) atoms. The topological polar surface area (TPSA) is 62.5 Å². The fourth-order valence-corrected chi connectivity index (χ4v) is 4.24. The third kappa shape index (κ3) is 4.41. The van der Waals surface area contributed by atoms with Crippen LogP contribution in [0.4, 0.5) is 4.39 Å². The van der Waals surface area contributed by atoms with Gasteiger partial charge in [0, 0.05) is 32.0 Å². The van der Waals surface area contributed by atoms with Crippen LogP contribution in [0.25, 0.3) is 11.4 Å². The van der Waals surface area contributed by atoms with Gasteiger partial charge in [0.2, 0.25) is 17.6 Å². The van der Waals surface area contributed by atoms with Gasteiger partial charge in [0.15, 0.2) is 0 Å². The first-order valence-electron chi connectivity index (χ1n) is 10.3. The lowest BCUT2D eigenvalue weighted by atomic mass is 9.99. The van der Waals surface area contributed by atoms with Gasteiger partial charge in [-0.25, -0.2) is 4.39 Å². The summed E-state index contributed by atoms with van der Waals surface area (Å²) in [6.45, 7) is 4.06. The second-order valence-electron chi connectivity index (χ2n) is 7.70. The van der Waals surface area contributed by atoms with Gasteiger partial charge < -0.3 is 14.3 Å². The molecule has 7 heteroatoms. The lowest BCUT2D eigenvalue weighted by Gasteiger charge is -2.40. The van der Waals surface area contributed by atoms with Gasteiger partial charge in [0.05, 0.1) is 5.56 Å². The number of halogens is 1. The van der Waals surface area contributed by atoms with E-state index in [9.17, 15) is 9.18 Å². The Morgan fingerprint density at radius 3 is 2.61 bits per heavy atom. The maximum Gasteiger partial charge on any atom is 0.227 e. The van der Waals surface area contributed by atoms with E-state index in [0.717, 1.165) is 25.9 Å². The van der Waals surface area contributed by atoms with Gasteiger partial charge in [-0.1, -0.05) is 23.7 Å². The lowest BCUT2D eigenvalue weighted by Crippen LogP contribution is -2.48. The minimum absolute atomic E-state index is 0.128. The first-order valence-corrected chi connectivity index (χ1v) is 10.3. The fraction of sp³-hybridized carbons (Fsp3) is 0.571. The Labute approximate surface area is 164 Å². The Balaban J connectivity index is 1.26. The molecule has 2 aromatic rings. The highest BCUT2D eigenvalue weighted by Crippen LogP contribution is 2.22. The van der Waals surface area contributed by atoms with Crippen LogP contribution in [0.2, 0.25) is 0 Å². The third-order valence-corrected chi connectivity index (χ3v) is 5.86. The lowest BCUT2D eigenvalue weighted by molar-refractivity contribution is -0.132. The van der Waals surface area contributed by atoms with Crippen LogP contribution < -0.4 is 0 Å². The number of aromatic nitrogens is 2. The molecule has 1 aromatic carbocycles. The molecule has 4 rings (SSSR count). The van der Waals surface area contributed by atoms with Crippen LogP contribution >= 0.6 is 0 Å². The number of carbonyl (C=O) groups excluding carboxylic acids is 1. The zero-order valence-electron chi connectivity index (χ0n) is 16.1. The molecule has 1 amide bonds. The van der Waals surface area contributed by atoms with Crippen molar-refractivity contribution in [2.75, 3.05) is 26.2 Å². The molecule has 1 aromatic heterocycles. The summed E-state index contributed by atoms with van der Waals surface area (Å²) in [5.74, 6) is 0.336. The van der Waals surface area contributed by atoms with E-state index >= 15 is 0 Å². The Morgan fingerprint density at radius 1 is 1.11 bits per heavy atom. The first-order chi connectivity index (χ1) is 13.7. The van der Waals surface area contributed by atoms with E-state index in [1.54, 1.807) is 18.2 Å². The average Bonchev–Trinajstić information content (AvgIpc) is 3.22. The van der Waals surface area contributed by atoms with Gasteiger partial charge in [0.1, 0.15) is 5.82 Å². The molecule has 0 spiro atoms. The van der Waals surface area contributed by atoms with Crippen molar-refractivity contribution in [3.05, 3.63) is 36.0 Å². The number of amides is 1. The third-order valence-electron chi connectivity index (χ3n) is 5.86. The molecule has 6 nitrogen and oxygen atoms in total. The van der Waals surface area contributed by atoms with Crippen molar-refractivity contribution in [3.8, 4) is 11.4 Å². The van der Waals surface area contributed by atoms with Gasteiger partial charge in [-0.2, -0.15) is 4.98 Å². The smallest absolute Gasteiger partial charge is 0.227 e. The van der Waals surface area contributed by atoms with E-state index in [4.69, 9.17) is 4.52 Å². The molecule has 2 aliphatic heterocycles. The van der Waals surface area contributed by atoms with Crippen LogP contribution in [0.3, 0.4) is 0 Å². The molecule has 0 atom stereocenters. The molecule has 0 bridgehead atoms. The van der Waals surface area contributed by atoms with Crippen molar-refractivity contribution >= 4 is 5.91 Å². The second-order valence-corrected chi connectivity index (χ2v) is 7.70. The molecular weight excluding hydrogens is 359 g/mol. The summed E-state index contributed by atoms with van der Waals surface area (Å²) in [7, 11) is 0. The fourth-order valence-electron chi connectivity index (χ4n) is 4.24. The minimum Gasteiger partial charge on any atom is -0.343 e.